The average Bonchev–Trinajstić information content (AvgIpc) is 2.60. The largest absolute Gasteiger partial charge is 0.489 e. The minimum absolute atomic E-state index is 0.0396. The number of carbonyl (C=O) groups excluding carboxylic acids is 2. The maximum absolute atomic E-state index is 12.1. The van der Waals surface area contributed by atoms with Crippen molar-refractivity contribution < 1.29 is 24.2 Å². The van der Waals surface area contributed by atoms with Crippen molar-refractivity contribution in [2.24, 2.45) is 0 Å². The Labute approximate surface area is 156 Å². The number of imide groups is 1. The van der Waals surface area contributed by atoms with E-state index in [1.54, 1.807) is 4.90 Å². The molecule has 2 fully saturated rings. The van der Waals surface area contributed by atoms with E-state index >= 15 is 0 Å². The Morgan fingerprint density at radius 2 is 2.11 bits per heavy atom. The molecule has 4 rings (SSSR count). The predicted octanol–water partition coefficient (Wildman–Crippen LogP) is 0.409. The number of benzene rings is 1. The van der Waals surface area contributed by atoms with Crippen molar-refractivity contribution in [3.63, 3.8) is 0 Å². The maximum atomic E-state index is 12.1. The third kappa shape index (κ3) is 3.30. The third-order valence-corrected chi connectivity index (χ3v) is 5.26. The van der Waals surface area contributed by atoms with E-state index in [1.807, 2.05) is 24.0 Å². The Morgan fingerprint density at radius 3 is 2.85 bits per heavy atom. The van der Waals surface area contributed by atoms with Gasteiger partial charge in [0.2, 0.25) is 5.91 Å². The second-order valence-electron chi connectivity index (χ2n) is 7.15. The molecule has 1 atom stereocenters. The number of carbonyl (C=O) groups is 3. The van der Waals surface area contributed by atoms with Crippen LogP contribution in [0.4, 0.5) is 16.2 Å². The number of rotatable bonds is 3. The number of amides is 3. The zero-order valence-electron chi connectivity index (χ0n) is 15.1. The first-order valence-electron chi connectivity index (χ1n) is 9.02. The van der Waals surface area contributed by atoms with Crippen LogP contribution < -0.4 is 19.9 Å². The molecule has 9 nitrogen and oxygen atoms in total. The SMILES string of the molecule is Cc1cc(N2CCC(=O)NC2=O)cc2c1N1CCN(CC(=O)O)C[C@H]1CO2. The van der Waals surface area contributed by atoms with Crippen molar-refractivity contribution in [2.75, 3.05) is 49.1 Å². The van der Waals surface area contributed by atoms with Gasteiger partial charge in [0, 0.05) is 44.4 Å². The molecule has 0 aliphatic carbocycles. The lowest BCUT2D eigenvalue weighted by Crippen LogP contribution is -2.58. The van der Waals surface area contributed by atoms with Gasteiger partial charge in [0.1, 0.15) is 12.4 Å². The minimum atomic E-state index is -0.820. The number of nitrogens with one attached hydrogen (secondary N) is 1. The molecule has 0 bridgehead atoms. The number of nitrogens with zero attached hydrogens (tertiary/aromatic N) is 3. The van der Waals surface area contributed by atoms with Crippen molar-refractivity contribution in [3.05, 3.63) is 17.7 Å². The first-order chi connectivity index (χ1) is 12.9. The second-order valence-corrected chi connectivity index (χ2v) is 7.15. The first-order valence-corrected chi connectivity index (χ1v) is 9.02. The van der Waals surface area contributed by atoms with E-state index in [0.717, 1.165) is 23.5 Å². The highest BCUT2D eigenvalue weighted by atomic mass is 16.5. The van der Waals surface area contributed by atoms with Gasteiger partial charge < -0.3 is 14.7 Å². The highest BCUT2D eigenvalue weighted by Crippen LogP contribution is 2.41. The van der Waals surface area contributed by atoms with Gasteiger partial charge in [0.15, 0.2) is 0 Å². The Kier molecular flexibility index (Phi) is 4.39. The number of hydrogen-bond acceptors (Lipinski definition) is 6. The molecule has 1 aromatic carbocycles. The molecule has 3 amide bonds. The van der Waals surface area contributed by atoms with Crippen molar-refractivity contribution >= 4 is 29.3 Å². The molecule has 0 spiro atoms. The van der Waals surface area contributed by atoms with Crippen LogP contribution in [0.3, 0.4) is 0 Å². The van der Waals surface area contributed by atoms with Crippen LogP contribution in [0.25, 0.3) is 0 Å². The van der Waals surface area contributed by atoms with Crippen LogP contribution in [0.15, 0.2) is 12.1 Å². The first kappa shape index (κ1) is 17.6. The monoisotopic (exact) mass is 374 g/mol. The van der Waals surface area contributed by atoms with Gasteiger partial charge in [-0.2, -0.15) is 0 Å². The van der Waals surface area contributed by atoms with Gasteiger partial charge in [-0.15, -0.1) is 0 Å². The molecule has 1 aromatic rings. The standard InChI is InChI=1S/C18H22N4O5/c1-11-6-12(22-3-2-15(23)19-18(22)26)7-14-17(11)21-5-4-20(9-16(24)25)8-13(21)10-27-14/h6-7,13H,2-5,8-10H2,1H3,(H,24,25)(H,19,23,26)/t13-/m0/s1. The number of piperazine rings is 1. The lowest BCUT2D eigenvalue weighted by Gasteiger charge is -2.46. The number of ether oxygens (including phenoxy) is 1. The molecule has 2 saturated heterocycles. The molecular weight excluding hydrogens is 352 g/mol. The Morgan fingerprint density at radius 1 is 1.30 bits per heavy atom. The molecule has 27 heavy (non-hydrogen) atoms. The Balaban J connectivity index is 1.57. The number of aliphatic carboxylic acids is 1. The van der Waals surface area contributed by atoms with Gasteiger partial charge in [0.05, 0.1) is 18.3 Å². The summed E-state index contributed by atoms with van der Waals surface area (Å²) >= 11 is 0. The second kappa shape index (κ2) is 6.73. The highest BCUT2D eigenvalue weighted by Gasteiger charge is 2.35. The summed E-state index contributed by atoms with van der Waals surface area (Å²) < 4.78 is 5.97. The summed E-state index contributed by atoms with van der Waals surface area (Å²) in [5.41, 5.74) is 2.70. The number of anilines is 2. The number of aryl methyl sites for hydroxylation is 1. The van der Waals surface area contributed by atoms with Gasteiger partial charge in [-0.3, -0.25) is 24.7 Å². The molecule has 0 aromatic heterocycles. The summed E-state index contributed by atoms with van der Waals surface area (Å²) in [5, 5.41) is 11.3. The lowest BCUT2D eigenvalue weighted by molar-refractivity contribution is -0.138. The fraction of sp³-hybridized carbons (Fsp3) is 0.500. The van der Waals surface area contributed by atoms with E-state index in [0.29, 0.717) is 31.9 Å². The van der Waals surface area contributed by atoms with Gasteiger partial charge in [-0.1, -0.05) is 0 Å². The topological polar surface area (TPSA) is 102 Å². The maximum Gasteiger partial charge on any atom is 0.328 e. The smallest absolute Gasteiger partial charge is 0.328 e. The van der Waals surface area contributed by atoms with E-state index in [9.17, 15) is 14.4 Å². The molecule has 0 radical (unpaired) electrons. The summed E-state index contributed by atoms with van der Waals surface area (Å²) in [4.78, 5) is 40.2. The fourth-order valence-electron chi connectivity index (χ4n) is 4.05. The number of urea groups is 1. The van der Waals surface area contributed by atoms with E-state index in [2.05, 4.69) is 10.2 Å². The summed E-state index contributed by atoms with van der Waals surface area (Å²) in [6, 6.07) is 3.47. The van der Waals surface area contributed by atoms with Crippen LogP contribution in [-0.2, 0) is 9.59 Å². The highest BCUT2D eigenvalue weighted by molar-refractivity contribution is 6.05. The van der Waals surface area contributed by atoms with Gasteiger partial charge >= 0.3 is 12.0 Å². The van der Waals surface area contributed by atoms with E-state index in [1.165, 1.54) is 0 Å². The average molecular weight is 374 g/mol. The summed E-state index contributed by atoms with van der Waals surface area (Å²) in [7, 11) is 0. The normalized spacial score (nSPS) is 22.6. The van der Waals surface area contributed by atoms with E-state index in [-0.39, 0.29) is 24.9 Å². The molecule has 3 aliphatic rings. The van der Waals surface area contributed by atoms with Gasteiger partial charge in [-0.05, 0) is 18.6 Å². The molecule has 9 heteroatoms. The quantitative estimate of drug-likeness (QED) is 0.790. The molecule has 3 aliphatic heterocycles. The fourth-order valence-corrected chi connectivity index (χ4v) is 4.05. The van der Waals surface area contributed by atoms with Crippen molar-refractivity contribution in [1.29, 1.82) is 0 Å². The third-order valence-electron chi connectivity index (χ3n) is 5.26. The van der Waals surface area contributed by atoms with Crippen molar-refractivity contribution in [2.45, 2.75) is 19.4 Å². The summed E-state index contributed by atoms with van der Waals surface area (Å²) in [6.45, 7) is 4.88. The summed E-state index contributed by atoms with van der Waals surface area (Å²) in [5.74, 6) is -0.360. The Hall–Kier alpha value is -2.81. The van der Waals surface area contributed by atoms with Gasteiger partial charge in [-0.25, -0.2) is 4.79 Å². The van der Waals surface area contributed by atoms with Crippen molar-refractivity contribution in [3.8, 4) is 5.75 Å². The Bertz CT molecular complexity index is 811. The molecule has 144 valence electrons. The molecule has 0 unspecified atom stereocenters. The zero-order chi connectivity index (χ0) is 19.1. The number of hydrogen-bond donors (Lipinski definition) is 2. The molecule has 0 saturated carbocycles. The lowest BCUT2D eigenvalue weighted by atomic mass is 10.0. The van der Waals surface area contributed by atoms with Crippen LogP contribution >= 0.6 is 0 Å². The predicted molar refractivity (Wildman–Crippen MR) is 97.4 cm³/mol. The van der Waals surface area contributed by atoms with Crippen LogP contribution in [0.1, 0.15) is 12.0 Å². The molecule has 2 N–H and O–H groups in total. The number of carboxylic acid groups (broad SMARTS) is 1. The van der Waals surface area contributed by atoms with Crippen LogP contribution in [0.2, 0.25) is 0 Å². The molecular formula is C18H22N4O5. The van der Waals surface area contributed by atoms with Crippen LogP contribution in [0, 0.1) is 6.92 Å². The minimum Gasteiger partial charge on any atom is -0.489 e. The van der Waals surface area contributed by atoms with E-state index in [4.69, 9.17) is 9.84 Å². The summed E-state index contributed by atoms with van der Waals surface area (Å²) in [6.07, 6.45) is 0.274. The number of carboxylic acids is 1. The van der Waals surface area contributed by atoms with Crippen LogP contribution in [-0.4, -0.2) is 73.3 Å². The molecule has 3 heterocycles. The zero-order valence-corrected chi connectivity index (χ0v) is 15.1. The van der Waals surface area contributed by atoms with Crippen LogP contribution in [0.5, 0.6) is 5.75 Å². The van der Waals surface area contributed by atoms with E-state index < -0.39 is 12.0 Å². The van der Waals surface area contributed by atoms with Gasteiger partial charge in [0.25, 0.3) is 0 Å². The van der Waals surface area contributed by atoms with Crippen molar-refractivity contribution in [1.82, 2.24) is 10.2 Å². The number of fused-ring (bicyclic) bond motifs is 3.